The molecule has 0 amide bonds. The molecule has 3 rings (SSSR count). The molecule has 0 atom stereocenters. The molecule has 0 saturated heterocycles. The molecule has 98 valence electrons. The molecule has 3 aromatic heterocycles. The zero-order valence-electron chi connectivity index (χ0n) is 10.3. The third kappa shape index (κ3) is 2.15. The molecule has 0 radical (unpaired) electrons. The number of hydrogen-bond donors (Lipinski definition) is 1. The zero-order chi connectivity index (χ0) is 14.1. The van der Waals surface area contributed by atoms with E-state index in [1.807, 2.05) is 19.1 Å². The van der Waals surface area contributed by atoms with Gasteiger partial charge < -0.3 is 0 Å². The van der Waals surface area contributed by atoms with E-state index in [2.05, 4.69) is 25.4 Å². The van der Waals surface area contributed by atoms with Gasteiger partial charge in [-0.05, 0) is 19.1 Å². The minimum absolute atomic E-state index is 0.305. The molecule has 0 spiro atoms. The fraction of sp³-hybridized carbons (Fsp3) is 0.0833. The summed E-state index contributed by atoms with van der Waals surface area (Å²) < 4.78 is 0. The Kier molecular flexibility index (Phi) is 3.18. The van der Waals surface area contributed by atoms with Crippen molar-refractivity contribution in [1.29, 1.82) is 5.26 Å². The number of nitrogens with one attached hydrogen (secondary N) is 1. The molecule has 0 aromatic carbocycles. The number of aryl methyl sites for hydroxylation is 1. The molecular formula is C12H7ClN6S. The van der Waals surface area contributed by atoms with Gasteiger partial charge in [0.15, 0.2) is 5.69 Å². The van der Waals surface area contributed by atoms with Crippen molar-refractivity contribution in [1.82, 2.24) is 25.4 Å². The van der Waals surface area contributed by atoms with Crippen LogP contribution < -0.4 is 0 Å². The van der Waals surface area contributed by atoms with E-state index in [9.17, 15) is 0 Å². The molecule has 6 nitrogen and oxygen atoms in total. The highest BCUT2D eigenvalue weighted by Gasteiger charge is 2.17. The van der Waals surface area contributed by atoms with Crippen LogP contribution in [0.1, 0.15) is 10.6 Å². The van der Waals surface area contributed by atoms with Gasteiger partial charge >= 0.3 is 0 Å². The highest BCUT2D eigenvalue weighted by Crippen LogP contribution is 2.33. The molecule has 3 heterocycles. The first kappa shape index (κ1) is 12.7. The minimum atomic E-state index is 0.305. The molecule has 8 heteroatoms. The first-order valence-electron chi connectivity index (χ1n) is 5.60. The number of rotatable bonds is 2. The molecule has 20 heavy (non-hydrogen) atoms. The van der Waals surface area contributed by atoms with Gasteiger partial charge in [0.1, 0.15) is 27.6 Å². The van der Waals surface area contributed by atoms with Crippen molar-refractivity contribution in [3.8, 4) is 28.0 Å². The summed E-state index contributed by atoms with van der Waals surface area (Å²) in [4.78, 5) is 9.52. The summed E-state index contributed by atoms with van der Waals surface area (Å²) in [6, 6.07) is 5.58. The van der Waals surface area contributed by atoms with E-state index in [0.717, 1.165) is 15.4 Å². The van der Waals surface area contributed by atoms with Crippen molar-refractivity contribution in [2.24, 2.45) is 0 Å². The molecule has 0 aliphatic heterocycles. The van der Waals surface area contributed by atoms with Crippen molar-refractivity contribution in [2.45, 2.75) is 6.92 Å². The smallest absolute Gasteiger partial charge is 0.165 e. The van der Waals surface area contributed by atoms with Gasteiger partial charge in [-0.1, -0.05) is 16.8 Å². The van der Waals surface area contributed by atoms with Crippen LogP contribution in [0.4, 0.5) is 0 Å². The number of hydrogen-bond acceptors (Lipinski definition) is 6. The molecule has 0 fully saturated rings. The largest absolute Gasteiger partial charge is 0.247 e. The van der Waals surface area contributed by atoms with Crippen LogP contribution in [0.2, 0.25) is 5.15 Å². The highest BCUT2D eigenvalue weighted by molar-refractivity contribution is 7.15. The van der Waals surface area contributed by atoms with Gasteiger partial charge in [-0.3, -0.25) is 0 Å². The van der Waals surface area contributed by atoms with E-state index in [0.29, 0.717) is 22.2 Å². The van der Waals surface area contributed by atoms with Crippen LogP contribution in [0.15, 0.2) is 18.3 Å². The van der Waals surface area contributed by atoms with E-state index >= 15 is 0 Å². The Hall–Kier alpha value is -2.30. The standard InChI is InChI=1S/C12H7ClN6S/c1-6-10(11-8(4-14)17-19-18-11)16-12(20-6)7-2-3-9(13)15-5-7/h2-3,5H,1H3,(H,17,18,19). The number of pyridine rings is 1. The number of aromatic nitrogens is 5. The number of aromatic amines is 1. The summed E-state index contributed by atoms with van der Waals surface area (Å²) in [6.07, 6.45) is 1.67. The van der Waals surface area contributed by atoms with Crippen LogP contribution in [0.5, 0.6) is 0 Å². The molecule has 3 aromatic rings. The lowest BCUT2D eigenvalue weighted by molar-refractivity contribution is 0.936. The van der Waals surface area contributed by atoms with Crippen molar-refractivity contribution in [3.63, 3.8) is 0 Å². The lowest BCUT2D eigenvalue weighted by atomic mass is 10.2. The maximum absolute atomic E-state index is 9.00. The van der Waals surface area contributed by atoms with Crippen LogP contribution in [0.3, 0.4) is 0 Å². The van der Waals surface area contributed by atoms with Gasteiger partial charge in [0.05, 0.1) is 0 Å². The van der Waals surface area contributed by atoms with Crippen molar-refractivity contribution >= 4 is 22.9 Å². The van der Waals surface area contributed by atoms with E-state index in [-0.39, 0.29) is 0 Å². The summed E-state index contributed by atoms with van der Waals surface area (Å²) in [5, 5.41) is 20.3. The predicted octanol–water partition coefficient (Wildman–Crippen LogP) is 2.82. The number of thiazole rings is 1. The average Bonchev–Trinajstić information content (AvgIpc) is 3.05. The summed E-state index contributed by atoms with van der Waals surface area (Å²) in [5.41, 5.74) is 2.30. The summed E-state index contributed by atoms with van der Waals surface area (Å²) in [6.45, 7) is 1.93. The Balaban J connectivity index is 2.08. The third-order valence-corrected chi connectivity index (χ3v) is 3.90. The Morgan fingerprint density at radius 3 is 2.90 bits per heavy atom. The number of nitrogens with zero attached hydrogens (tertiary/aromatic N) is 5. The molecular weight excluding hydrogens is 296 g/mol. The third-order valence-electron chi connectivity index (χ3n) is 2.66. The second kappa shape index (κ2) is 5.00. The van der Waals surface area contributed by atoms with E-state index in [1.54, 1.807) is 12.3 Å². The van der Waals surface area contributed by atoms with E-state index in [1.165, 1.54) is 11.3 Å². The Morgan fingerprint density at radius 1 is 1.35 bits per heavy atom. The lowest BCUT2D eigenvalue weighted by Crippen LogP contribution is -1.86. The SMILES string of the molecule is Cc1sc(-c2ccc(Cl)nc2)nc1-c1nn[nH]c1C#N. The molecule has 0 aliphatic carbocycles. The number of halogens is 1. The minimum Gasteiger partial charge on any atom is -0.247 e. The van der Waals surface area contributed by atoms with Crippen molar-refractivity contribution in [2.75, 3.05) is 0 Å². The number of H-pyrrole nitrogens is 1. The molecule has 0 unspecified atom stereocenters. The van der Waals surface area contributed by atoms with Gasteiger partial charge in [-0.2, -0.15) is 5.26 Å². The molecule has 0 bridgehead atoms. The van der Waals surface area contributed by atoms with Gasteiger partial charge in [0, 0.05) is 16.6 Å². The van der Waals surface area contributed by atoms with Crippen LogP contribution in [0, 0.1) is 18.3 Å². The Bertz CT molecular complexity index is 798. The molecule has 1 N–H and O–H groups in total. The van der Waals surface area contributed by atoms with E-state index < -0.39 is 0 Å². The van der Waals surface area contributed by atoms with Crippen LogP contribution in [0.25, 0.3) is 22.0 Å². The lowest BCUT2D eigenvalue weighted by Gasteiger charge is -1.94. The first-order valence-corrected chi connectivity index (χ1v) is 6.79. The van der Waals surface area contributed by atoms with Gasteiger partial charge in [-0.15, -0.1) is 16.4 Å². The van der Waals surface area contributed by atoms with Crippen LogP contribution in [-0.2, 0) is 0 Å². The van der Waals surface area contributed by atoms with Gasteiger partial charge in [0.25, 0.3) is 0 Å². The van der Waals surface area contributed by atoms with E-state index in [4.69, 9.17) is 16.9 Å². The summed E-state index contributed by atoms with van der Waals surface area (Å²) in [5.74, 6) is 0. The second-order valence-electron chi connectivity index (χ2n) is 3.94. The Morgan fingerprint density at radius 2 is 2.20 bits per heavy atom. The van der Waals surface area contributed by atoms with Crippen LogP contribution in [-0.4, -0.2) is 25.4 Å². The quantitative estimate of drug-likeness (QED) is 0.735. The van der Waals surface area contributed by atoms with Gasteiger partial charge in [-0.25, -0.2) is 15.1 Å². The maximum Gasteiger partial charge on any atom is 0.165 e. The second-order valence-corrected chi connectivity index (χ2v) is 5.53. The molecule has 0 aliphatic rings. The average molecular weight is 303 g/mol. The topological polar surface area (TPSA) is 91.1 Å². The first-order chi connectivity index (χ1) is 9.69. The zero-order valence-corrected chi connectivity index (χ0v) is 11.8. The van der Waals surface area contributed by atoms with Crippen molar-refractivity contribution < 1.29 is 0 Å². The van der Waals surface area contributed by atoms with Crippen molar-refractivity contribution in [3.05, 3.63) is 34.1 Å². The Labute approximate surface area is 123 Å². The summed E-state index contributed by atoms with van der Waals surface area (Å²) in [7, 11) is 0. The molecule has 0 saturated carbocycles. The predicted molar refractivity (Wildman–Crippen MR) is 75.2 cm³/mol. The van der Waals surface area contributed by atoms with Gasteiger partial charge in [0.2, 0.25) is 0 Å². The normalized spacial score (nSPS) is 10.4. The fourth-order valence-corrected chi connectivity index (χ4v) is 2.73. The monoisotopic (exact) mass is 302 g/mol. The highest BCUT2D eigenvalue weighted by atomic mass is 35.5. The maximum atomic E-state index is 9.00. The summed E-state index contributed by atoms with van der Waals surface area (Å²) >= 11 is 7.28. The van der Waals surface area contributed by atoms with Crippen LogP contribution >= 0.6 is 22.9 Å². The fourth-order valence-electron chi connectivity index (χ4n) is 1.71. The number of nitriles is 1.